The van der Waals surface area contributed by atoms with Crippen molar-refractivity contribution in [3.05, 3.63) is 35.4 Å². The molecule has 1 aromatic rings. The zero-order valence-electron chi connectivity index (χ0n) is 6.85. The van der Waals surface area contributed by atoms with Crippen molar-refractivity contribution >= 4 is 0 Å². The summed E-state index contributed by atoms with van der Waals surface area (Å²) in [5, 5.41) is 0. The quantitative estimate of drug-likeness (QED) is 0.557. The van der Waals surface area contributed by atoms with E-state index in [0.717, 1.165) is 5.56 Å². The first kappa shape index (κ1) is 7.71. The van der Waals surface area contributed by atoms with Crippen LogP contribution in [0.5, 0.6) is 0 Å². The molecule has 0 aromatic heterocycles. The highest BCUT2D eigenvalue weighted by atomic mass is 19.3. The lowest BCUT2D eigenvalue weighted by molar-refractivity contribution is -0.00575. The SMILES string of the molecule is CC1CC(F)(F)c2ccccc21. The number of alkyl halides is 2. The monoisotopic (exact) mass is 168 g/mol. The summed E-state index contributed by atoms with van der Waals surface area (Å²) in [7, 11) is 0. The molecule has 64 valence electrons. The highest BCUT2D eigenvalue weighted by Gasteiger charge is 2.42. The van der Waals surface area contributed by atoms with Crippen LogP contribution in [0.2, 0.25) is 0 Å². The summed E-state index contributed by atoms with van der Waals surface area (Å²) < 4.78 is 26.4. The summed E-state index contributed by atoms with van der Waals surface area (Å²) in [4.78, 5) is 0. The van der Waals surface area contributed by atoms with Crippen LogP contribution < -0.4 is 0 Å². The molecule has 1 aliphatic rings. The Morgan fingerprint density at radius 1 is 1.33 bits per heavy atom. The Morgan fingerprint density at radius 2 is 2.00 bits per heavy atom. The van der Waals surface area contributed by atoms with Crippen LogP contribution in [0.4, 0.5) is 8.78 Å². The molecular weight excluding hydrogens is 158 g/mol. The normalized spacial score (nSPS) is 25.4. The van der Waals surface area contributed by atoms with E-state index in [1.54, 1.807) is 12.1 Å². The number of benzene rings is 1. The minimum Gasteiger partial charge on any atom is -0.201 e. The van der Waals surface area contributed by atoms with Crippen LogP contribution in [-0.4, -0.2) is 0 Å². The Hall–Kier alpha value is -0.920. The van der Waals surface area contributed by atoms with Gasteiger partial charge in [0.25, 0.3) is 5.92 Å². The van der Waals surface area contributed by atoms with Gasteiger partial charge < -0.3 is 0 Å². The van der Waals surface area contributed by atoms with Crippen LogP contribution in [0, 0.1) is 0 Å². The minimum atomic E-state index is -2.60. The smallest absolute Gasteiger partial charge is 0.201 e. The zero-order chi connectivity index (χ0) is 8.77. The Kier molecular flexibility index (Phi) is 1.47. The average Bonchev–Trinajstić information content (AvgIpc) is 2.25. The lowest BCUT2D eigenvalue weighted by atomic mass is 10.0. The molecule has 12 heavy (non-hydrogen) atoms. The summed E-state index contributed by atoms with van der Waals surface area (Å²) >= 11 is 0. The third-order valence-electron chi connectivity index (χ3n) is 2.45. The Balaban J connectivity index is 2.58. The van der Waals surface area contributed by atoms with Gasteiger partial charge in [-0.1, -0.05) is 31.2 Å². The number of hydrogen-bond acceptors (Lipinski definition) is 0. The highest BCUT2D eigenvalue weighted by Crippen LogP contribution is 2.47. The fourth-order valence-electron chi connectivity index (χ4n) is 1.86. The number of halogens is 2. The molecule has 0 saturated heterocycles. The lowest BCUT2D eigenvalue weighted by Gasteiger charge is -2.08. The van der Waals surface area contributed by atoms with Gasteiger partial charge in [0.2, 0.25) is 0 Å². The maximum atomic E-state index is 13.2. The van der Waals surface area contributed by atoms with Crippen LogP contribution in [0.15, 0.2) is 24.3 Å². The number of rotatable bonds is 0. The number of fused-ring (bicyclic) bond motifs is 1. The molecule has 0 fully saturated rings. The van der Waals surface area contributed by atoms with Crippen molar-refractivity contribution in [2.45, 2.75) is 25.2 Å². The fraction of sp³-hybridized carbons (Fsp3) is 0.400. The first-order valence-electron chi connectivity index (χ1n) is 4.08. The Bertz CT molecular complexity index is 304. The molecule has 0 spiro atoms. The molecule has 0 nitrogen and oxygen atoms in total. The summed E-state index contributed by atoms with van der Waals surface area (Å²) in [5.74, 6) is -2.60. The van der Waals surface area contributed by atoms with Gasteiger partial charge in [0, 0.05) is 12.0 Å². The van der Waals surface area contributed by atoms with E-state index < -0.39 is 5.92 Å². The maximum Gasteiger partial charge on any atom is 0.274 e. The average molecular weight is 168 g/mol. The van der Waals surface area contributed by atoms with Gasteiger partial charge in [0.05, 0.1) is 0 Å². The van der Waals surface area contributed by atoms with Crippen molar-refractivity contribution < 1.29 is 8.78 Å². The van der Waals surface area contributed by atoms with Crippen LogP contribution in [0.3, 0.4) is 0 Å². The third kappa shape index (κ3) is 0.942. The molecular formula is C10H10F2. The topological polar surface area (TPSA) is 0 Å². The Labute approximate surface area is 70.2 Å². The molecule has 0 bridgehead atoms. The molecule has 0 saturated carbocycles. The summed E-state index contributed by atoms with van der Waals surface area (Å²) in [6.07, 6.45) is -0.0354. The first-order chi connectivity index (χ1) is 5.61. The maximum absolute atomic E-state index is 13.2. The molecule has 1 unspecified atom stereocenters. The van der Waals surface area contributed by atoms with E-state index in [2.05, 4.69) is 0 Å². The van der Waals surface area contributed by atoms with E-state index in [0.29, 0.717) is 0 Å². The predicted octanol–water partition coefficient (Wildman–Crippen LogP) is 3.29. The summed E-state index contributed by atoms with van der Waals surface area (Å²) in [6.45, 7) is 1.85. The van der Waals surface area contributed by atoms with Crippen molar-refractivity contribution in [2.24, 2.45) is 0 Å². The van der Waals surface area contributed by atoms with E-state index in [1.807, 2.05) is 13.0 Å². The Morgan fingerprint density at radius 3 is 2.67 bits per heavy atom. The molecule has 0 radical (unpaired) electrons. The van der Waals surface area contributed by atoms with Crippen molar-refractivity contribution in [3.8, 4) is 0 Å². The second-order valence-electron chi connectivity index (χ2n) is 3.40. The molecule has 2 heteroatoms. The van der Waals surface area contributed by atoms with Crippen molar-refractivity contribution in [3.63, 3.8) is 0 Å². The summed E-state index contributed by atoms with van der Waals surface area (Å²) in [6, 6.07) is 6.81. The highest BCUT2D eigenvalue weighted by molar-refractivity contribution is 5.38. The van der Waals surface area contributed by atoms with Crippen molar-refractivity contribution in [1.82, 2.24) is 0 Å². The predicted molar refractivity (Wildman–Crippen MR) is 43.4 cm³/mol. The molecule has 2 rings (SSSR count). The van der Waals surface area contributed by atoms with Gasteiger partial charge in [-0.2, -0.15) is 0 Å². The van der Waals surface area contributed by atoms with E-state index >= 15 is 0 Å². The minimum absolute atomic E-state index is 0.00352. The molecule has 0 amide bonds. The third-order valence-corrected chi connectivity index (χ3v) is 2.45. The van der Waals surface area contributed by atoms with Crippen LogP contribution in [0.1, 0.15) is 30.4 Å². The van der Waals surface area contributed by atoms with E-state index in [1.165, 1.54) is 6.07 Å². The lowest BCUT2D eigenvalue weighted by Crippen LogP contribution is -2.07. The van der Waals surface area contributed by atoms with Gasteiger partial charge in [0.15, 0.2) is 0 Å². The standard InChI is InChI=1S/C10H10F2/c1-7-6-10(11,12)9-5-3-2-4-8(7)9/h2-5,7H,6H2,1H3. The van der Waals surface area contributed by atoms with E-state index in [9.17, 15) is 8.78 Å². The van der Waals surface area contributed by atoms with Gasteiger partial charge in [-0.05, 0) is 11.5 Å². The molecule has 1 aliphatic carbocycles. The van der Waals surface area contributed by atoms with Gasteiger partial charge >= 0.3 is 0 Å². The zero-order valence-corrected chi connectivity index (χ0v) is 6.85. The number of hydrogen-bond donors (Lipinski definition) is 0. The summed E-state index contributed by atoms with van der Waals surface area (Å²) in [5.41, 5.74) is 1.03. The first-order valence-corrected chi connectivity index (χ1v) is 4.08. The van der Waals surface area contributed by atoms with Crippen molar-refractivity contribution in [1.29, 1.82) is 0 Å². The van der Waals surface area contributed by atoms with Gasteiger partial charge in [-0.15, -0.1) is 0 Å². The van der Waals surface area contributed by atoms with E-state index in [-0.39, 0.29) is 17.9 Å². The molecule has 0 aliphatic heterocycles. The van der Waals surface area contributed by atoms with Gasteiger partial charge in [-0.3, -0.25) is 0 Å². The fourth-order valence-corrected chi connectivity index (χ4v) is 1.86. The van der Waals surface area contributed by atoms with Gasteiger partial charge in [0.1, 0.15) is 0 Å². The van der Waals surface area contributed by atoms with Crippen LogP contribution in [-0.2, 0) is 5.92 Å². The molecule has 0 heterocycles. The van der Waals surface area contributed by atoms with Gasteiger partial charge in [-0.25, -0.2) is 8.78 Å². The molecule has 1 aromatic carbocycles. The van der Waals surface area contributed by atoms with Crippen LogP contribution >= 0.6 is 0 Å². The largest absolute Gasteiger partial charge is 0.274 e. The second-order valence-corrected chi connectivity index (χ2v) is 3.40. The van der Waals surface area contributed by atoms with Crippen molar-refractivity contribution in [2.75, 3.05) is 0 Å². The van der Waals surface area contributed by atoms with E-state index in [4.69, 9.17) is 0 Å². The van der Waals surface area contributed by atoms with Crippen LogP contribution in [0.25, 0.3) is 0 Å². The second kappa shape index (κ2) is 2.28. The molecule has 1 atom stereocenters. The molecule has 0 N–H and O–H groups in total.